The molecule has 0 spiro atoms. The second-order valence-electron chi connectivity index (χ2n) is 8.53. The molecule has 32 heavy (non-hydrogen) atoms. The lowest BCUT2D eigenvalue weighted by Gasteiger charge is -2.31. The molecule has 2 aliphatic rings. The third kappa shape index (κ3) is 4.28. The van der Waals surface area contributed by atoms with Crippen LogP contribution in [-0.2, 0) is 6.54 Å². The van der Waals surface area contributed by atoms with E-state index in [0.717, 1.165) is 52.4 Å². The molecule has 1 aromatic carbocycles. The van der Waals surface area contributed by atoms with Crippen molar-refractivity contribution in [3.63, 3.8) is 0 Å². The molecule has 0 amide bonds. The molecule has 0 radical (unpaired) electrons. The Bertz CT molecular complexity index is 1210. The highest BCUT2D eigenvalue weighted by Crippen LogP contribution is 2.43. The minimum atomic E-state index is -0.236. The molecule has 5 heteroatoms. The molecule has 0 N–H and O–H groups in total. The maximum Gasteiger partial charge on any atom is 0.140 e. The number of methoxy groups -OCH3 is 1. The molecular weight excluding hydrogens is 401 g/mol. The summed E-state index contributed by atoms with van der Waals surface area (Å²) in [6.45, 7) is 3.37. The summed E-state index contributed by atoms with van der Waals surface area (Å²) in [4.78, 5) is 11.6. The lowest BCUT2D eigenvalue weighted by molar-refractivity contribution is 0.401. The van der Waals surface area contributed by atoms with Crippen molar-refractivity contribution in [2.75, 3.05) is 13.7 Å². The summed E-state index contributed by atoms with van der Waals surface area (Å²) < 4.78 is 19.5. The highest BCUT2D eigenvalue weighted by Gasteiger charge is 2.29. The fourth-order valence-electron chi connectivity index (χ4n) is 4.22. The maximum atomic E-state index is 14.0. The van der Waals surface area contributed by atoms with E-state index in [-0.39, 0.29) is 5.82 Å². The Morgan fingerprint density at radius 3 is 2.69 bits per heavy atom. The van der Waals surface area contributed by atoms with Crippen LogP contribution in [0.5, 0.6) is 5.75 Å². The number of aryl methyl sites for hydroxylation is 1. The first-order valence-corrected chi connectivity index (χ1v) is 11.0. The van der Waals surface area contributed by atoms with Crippen molar-refractivity contribution in [3.8, 4) is 5.75 Å². The van der Waals surface area contributed by atoms with Crippen molar-refractivity contribution in [2.24, 2.45) is 0 Å². The summed E-state index contributed by atoms with van der Waals surface area (Å²) in [5, 5.41) is 0. The lowest BCUT2D eigenvalue weighted by atomic mass is 9.99. The number of aromatic nitrogens is 2. The third-order valence-corrected chi connectivity index (χ3v) is 5.99. The van der Waals surface area contributed by atoms with E-state index in [4.69, 9.17) is 9.72 Å². The van der Waals surface area contributed by atoms with Gasteiger partial charge in [-0.2, -0.15) is 0 Å². The predicted molar refractivity (Wildman–Crippen MR) is 125 cm³/mol. The van der Waals surface area contributed by atoms with Crippen LogP contribution >= 0.6 is 0 Å². The van der Waals surface area contributed by atoms with Gasteiger partial charge in [0.05, 0.1) is 25.0 Å². The standard InChI is InChI=1S/C27H26FN3O/c1-18-12-22(15-29-14-18)21-8-10-25(20-4-3-5-23(28)13-20)31(16-21)17-24-9-11-26(32-2)27(30-24)19-6-7-19/h3-5,8-15,19H,6-7,16-17H2,1-2H3. The monoisotopic (exact) mass is 427 g/mol. The molecule has 0 atom stereocenters. The second kappa shape index (κ2) is 8.58. The van der Waals surface area contributed by atoms with Gasteiger partial charge < -0.3 is 9.64 Å². The van der Waals surface area contributed by atoms with E-state index in [9.17, 15) is 4.39 Å². The van der Waals surface area contributed by atoms with Crippen LogP contribution in [0, 0.1) is 12.7 Å². The number of ether oxygens (including phenoxy) is 1. The van der Waals surface area contributed by atoms with Crippen molar-refractivity contribution in [2.45, 2.75) is 32.2 Å². The minimum Gasteiger partial charge on any atom is -0.495 e. The SMILES string of the molecule is COc1ccc(CN2CC(c3cncc(C)c3)=CC=C2c2cccc(F)c2)nc1C1CC1. The molecule has 1 saturated carbocycles. The van der Waals surface area contributed by atoms with Crippen LogP contribution in [0.2, 0.25) is 0 Å². The van der Waals surface area contributed by atoms with Gasteiger partial charge in [-0.3, -0.25) is 9.97 Å². The molecule has 1 fully saturated rings. The summed E-state index contributed by atoms with van der Waals surface area (Å²) in [7, 11) is 1.70. The predicted octanol–water partition coefficient (Wildman–Crippen LogP) is 5.75. The van der Waals surface area contributed by atoms with E-state index in [0.29, 0.717) is 19.0 Å². The summed E-state index contributed by atoms with van der Waals surface area (Å²) in [6.07, 6.45) is 10.3. The number of rotatable bonds is 6. The topological polar surface area (TPSA) is 38.2 Å². The molecule has 5 rings (SSSR count). The average molecular weight is 428 g/mol. The Morgan fingerprint density at radius 1 is 1.06 bits per heavy atom. The summed E-state index contributed by atoms with van der Waals surface area (Å²) in [6, 6.07) is 13.0. The molecule has 162 valence electrons. The van der Waals surface area contributed by atoms with Gasteiger partial charge in [0, 0.05) is 36.1 Å². The van der Waals surface area contributed by atoms with Gasteiger partial charge in [-0.15, -0.1) is 0 Å². The van der Waals surface area contributed by atoms with Gasteiger partial charge in [-0.1, -0.05) is 18.2 Å². The Kier molecular flexibility index (Phi) is 5.48. The Labute approximate surface area is 188 Å². The van der Waals surface area contributed by atoms with E-state index in [2.05, 4.69) is 28.1 Å². The number of pyridine rings is 2. The molecule has 0 bridgehead atoms. The number of allylic oxidation sites excluding steroid dienone is 2. The van der Waals surface area contributed by atoms with Crippen LogP contribution < -0.4 is 4.74 Å². The third-order valence-electron chi connectivity index (χ3n) is 5.99. The highest BCUT2D eigenvalue weighted by molar-refractivity contribution is 5.78. The van der Waals surface area contributed by atoms with Gasteiger partial charge in [-0.25, -0.2) is 4.39 Å². The minimum absolute atomic E-state index is 0.236. The van der Waals surface area contributed by atoms with Crippen LogP contribution in [0.25, 0.3) is 11.3 Å². The van der Waals surface area contributed by atoms with E-state index in [1.807, 2.05) is 37.5 Å². The molecule has 1 aliphatic heterocycles. The molecule has 3 heterocycles. The zero-order chi connectivity index (χ0) is 22.1. The van der Waals surface area contributed by atoms with Gasteiger partial charge >= 0.3 is 0 Å². The van der Waals surface area contributed by atoms with Gasteiger partial charge in [0.1, 0.15) is 11.6 Å². The van der Waals surface area contributed by atoms with E-state index >= 15 is 0 Å². The first-order chi connectivity index (χ1) is 15.6. The van der Waals surface area contributed by atoms with Crippen molar-refractivity contribution < 1.29 is 9.13 Å². The molecule has 3 aromatic rings. The Hall–Kier alpha value is -3.47. The van der Waals surface area contributed by atoms with Gasteiger partial charge in [0.2, 0.25) is 0 Å². The van der Waals surface area contributed by atoms with Crippen LogP contribution in [0.1, 0.15) is 46.8 Å². The number of halogens is 1. The first-order valence-electron chi connectivity index (χ1n) is 11.0. The fraction of sp³-hybridized carbons (Fsp3) is 0.259. The largest absolute Gasteiger partial charge is 0.495 e. The number of nitrogens with zero attached hydrogens (tertiary/aromatic N) is 3. The molecule has 0 saturated heterocycles. The van der Waals surface area contributed by atoms with Crippen LogP contribution in [-0.4, -0.2) is 28.5 Å². The molecule has 1 aliphatic carbocycles. The molecule has 0 unspecified atom stereocenters. The van der Waals surface area contributed by atoms with Crippen molar-refractivity contribution in [1.82, 2.24) is 14.9 Å². The normalized spacial score (nSPS) is 15.9. The van der Waals surface area contributed by atoms with Crippen molar-refractivity contribution >= 4 is 11.3 Å². The number of hydrogen-bond acceptors (Lipinski definition) is 4. The lowest BCUT2D eigenvalue weighted by Crippen LogP contribution is -2.26. The van der Waals surface area contributed by atoms with Crippen molar-refractivity contribution in [1.29, 1.82) is 0 Å². The summed E-state index contributed by atoms with van der Waals surface area (Å²) in [5.41, 5.74) is 7.29. The number of hydrogen-bond donors (Lipinski definition) is 0. The summed E-state index contributed by atoms with van der Waals surface area (Å²) in [5.74, 6) is 1.13. The average Bonchev–Trinajstić information content (AvgIpc) is 3.64. The smallest absolute Gasteiger partial charge is 0.140 e. The van der Waals surface area contributed by atoms with Gasteiger partial charge in [-0.05, 0) is 72.9 Å². The van der Waals surface area contributed by atoms with Crippen molar-refractivity contribution in [3.05, 3.63) is 101 Å². The first kappa shape index (κ1) is 20.4. The van der Waals surface area contributed by atoms with Crippen LogP contribution in [0.3, 0.4) is 0 Å². The van der Waals surface area contributed by atoms with Crippen LogP contribution in [0.4, 0.5) is 4.39 Å². The zero-order valence-corrected chi connectivity index (χ0v) is 18.4. The zero-order valence-electron chi connectivity index (χ0n) is 18.4. The molecule has 2 aromatic heterocycles. The highest BCUT2D eigenvalue weighted by atomic mass is 19.1. The second-order valence-corrected chi connectivity index (χ2v) is 8.53. The van der Waals surface area contributed by atoms with Crippen LogP contribution in [0.15, 0.2) is 67.0 Å². The van der Waals surface area contributed by atoms with Gasteiger partial charge in [0.15, 0.2) is 0 Å². The fourth-order valence-corrected chi connectivity index (χ4v) is 4.22. The quantitative estimate of drug-likeness (QED) is 0.502. The Morgan fingerprint density at radius 2 is 1.94 bits per heavy atom. The van der Waals surface area contributed by atoms with E-state index < -0.39 is 0 Å². The van der Waals surface area contributed by atoms with E-state index in [1.54, 1.807) is 19.2 Å². The summed E-state index contributed by atoms with van der Waals surface area (Å²) >= 11 is 0. The maximum absolute atomic E-state index is 14.0. The van der Waals surface area contributed by atoms with Gasteiger partial charge in [0.25, 0.3) is 0 Å². The molecular formula is C27H26FN3O. The number of benzene rings is 1. The molecule has 4 nitrogen and oxygen atoms in total. The Balaban J connectivity index is 1.50. The van der Waals surface area contributed by atoms with E-state index in [1.165, 1.54) is 11.6 Å².